The van der Waals surface area contributed by atoms with Gasteiger partial charge in [0.25, 0.3) is 5.69 Å². The van der Waals surface area contributed by atoms with Crippen molar-refractivity contribution in [3.05, 3.63) is 70.3 Å². The third-order valence-corrected chi connectivity index (χ3v) is 3.66. The molecule has 0 saturated carbocycles. The molecule has 0 heterocycles. The van der Waals surface area contributed by atoms with Gasteiger partial charge in [0.05, 0.1) is 17.2 Å². The van der Waals surface area contributed by atoms with Gasteiger partial charge in [-0.2, -0.15) is 0 Å². The number of hydrogen-bond donors (Lipinski definition) is 2. The summed E-state index contributed by atoms with van der Waals surface area (Å²) in [6, 6.07) is 13.3. The second-order valence-corrected chi connectivity index (χ2v) is 6.74. The van der Waals surface area contributed by atoms with Crippen molar-refractivity contribution in [1.29, 1.82) is 0 Å². The molecule has 2 aromatic rings. The minimum atomic E-state index is -0.491. The van der Waals surface area contributed by atoms with Crippen molar-refractivity contribution < 1.29 is 14.5 Å². The maximum absolute atomic E-state index is 12.0. The Morgan fingerprint density at radius 1 is 1.25 bits per heavy atom. The number of nitro benzene ring substituents is 1. The van der Waals surface area contributed by atoms with Crippen LogP contribution in [0.15, 0.2) is 54.6 Å². The van der Waals surface area contributed by atoms with Gasteiger partial charge in [0, 0.05) is 18.2 Å². The highest BCUT2D eigenvalue weighted by Crippen LogP contribution is 2.24. The molecular formula is C20H21N3O4S. The van der Waals surface area contributed by atoms with Crippen LogP contribution in [-0.4, -0.2) is 22.5 Å². The first-order valence-electron chi connectivity index (χ1n) is 8.61. The van der Waals surface area contributed by atoms with Crippen LogP contribution in [0.3, 0.4) is 0 Å². The molecule has 0 saturated heterocycles. The topological polar surface area (TPSA) is 93.5 Å². The molecular weight excluding hydrogens is 378 g/mol. The van der Waals surface area contributed by atoms with Crippen LogP contribution < -0.4 is 15.4 Å². The van der Waals surface area contributed by atoms with Crippen LogP contribution in [0.2, 0.25) is 0 Å². The Labute approximate surface area is 168 Å². The molecule has 2 rings (SSSR count). The fourth-order valence-corrected chi connectivity index (χ4v) is 2.38. The zero-order chi connectivity index (χ0) is 20.5. The Morgan fingerprint density at radius 3 is 2.71 bits per heavy atom. The number of anilines is 1. The molecule has 0 aromatic heterocycles. The maximum Gasteiger partial charge on any atom is 0.270 e. The Hall–Kier alpha value is -3.26. The Balaban J connectivity index is 1.95. The zero-order valence-corrected chi connectivity index (χ0v) is 16.4. The third kappa shape index (κ3) is 6.81. The molecule has 2 N–H and O–H groups in total. The van der Waals surface area contributed by atoms with Gasteiger partial charge in [0.15, 0.2) is 5.11 Å². The van der Waals surface area contributed by atoms with Crippen LogP contribution in [0.25, 0.3) is 6.08 Å². The summed E-state index contributed by atoms with van der Waals surface area (Å²) in [5.74, 6) is 0.559. The van der Waals surface area contributed by atoms with Crippen molar-refractivity contribution in [3.8, 4) is 5.75 Å². The quantitative estimate of drug-likeness (QED) is 0.314. The van der Waals surface area contributed by atoms with E-state index in [1.807, 2.05) is 18.2 Å². The number of benzene rings is 2. The van der Waals surface area contributed by atoms with Crippen LogP contribution in [0.4, 0.5) is 11.4 Å². The molecule has 0 spiro atoms. The molecule has 0 aliphatic heterocycles. The van der Waals surface area contributed by atoms with Crippen molar-refractivity contribution in [2.45, 2.75) is 13.8 Å². The lowest BCUT2D eigenvalue weighted by atomic mass is 10.2. The number of para-hydroxylation sites is 2. The van der Waals surface area contributed by atoms with Gasteiger partial charge >= 0.3 is 0 Å². The predicted octanol–water partition coefficient (Wildman–Crippen LogP) is 4.16. The average molecular weight is 399 g/mol. The van der Waals surface area contributed by atoms with Crippen molar-refractivity contribution in [2.75, 3.05) is 11.9 Å². The summed E-state index contributed by atoms with van der Waals surface area (Å²) < 4.78 is 5.74. The van der Waals surface area contributed by atoms with Gasteiger partial charge in [-0.15, -0.1) is 0 Å². The van der Waals surface area contributed by atoms with Gasteiger partial charge in [-0.05, 0) is 41.9 Å². The first-order chi connectivity index (χ1) is 13.3. The zero-order valence-electron chi connectivity index (χ0n) is 15.5. The number of amides is 1. The molecule has 0 aliphatic rings. The van der Waals surface area contributed by atoms with Gasteiger partial charge in [-0.3, -0.25) is 20.2 Å². The lowest BCUT2D eigenvalue weighted by molar-refractivity contribution is -0.384. The number of non-ortho nitro benzene ring substituents is 1. The molecule has 146 valence electrons. The predicted molar refractivity (Wildman–Crippen MR) is 113 cm³/mol. The van der Waals surface area contributed by atoms with E-state index in [0.717, 1.165) is 0 Å². The summed E-state index contributed by atoms with van der Waals surface area (Å²) in [7, 11) is 0. The fraction of sp³-hybridized carbons (Fsp3) is 0.200. The standard InChI is InChI=1S/C20H21N3O4S/c1-14(2)13-27-18-9-4-3-8-17(18)21-20(28)22-19(24)11-10-15-6-5-7-16(12-15)23(25)26/h3-12,14H,13H2,1-2H3,(H2,21,22,24,28)/b11-10+. The lowest BCUT2D eigenvalue weighted by Gasteiger charge is -2.15. The first-order valence-corrected chi connectivity index (χ1v) is 9.02. The SMILES string of the molecule is CC(C)COc1ccccc1NC(=S)NC(=O)/C=C/c1cccc([N+](=O)[O-])c1. The van der Waals surface area contributed by atoms with E-state index in [2.05, 4.69) is 24.5 Å². The number of nitro groups is 1. The summed E-state index contributed by atoms with van der Waals surface area (Å²) in [5, 5.41) is 16.4. The number of carbonyl (C=O) groups is 1. The van der Waals surface area contributed by atoms with Gasteiger partial charge in [0.1, 0.15) is 5.75 Å². The third-order valence-electron chi connectivity index (χ3n) is 3.45. The van der Waals surface area contributed by atoms with Crippen LogP contribution >= 0.6 is 12.2 Å². The summed E-state index contributed by atoms with van der Waals surface area (Å²) in [6.45, 7) is 4.66. The second kappa shape index (κ2) is 10.2. The number of thiocarbonyl (C=S) groups is 1. The average Bonchev–Trinajstić information content (AvgIpc) is 2.65. The van der Waals surface area contributed by atoms with E-state index >= 15 is 0 Å². The van der Waals surface area contributed by atoms with E-state index in [1.165, 1.54) is 24.3 Å². The van der Waals surface area contributed by atoms with Crippen molar-refractivity contribution in [1.82, 2.24) is 5.32 Å². The highest BCUT2D eigenvalue weighted by Gasteiger charge is 2.08. The minimum Gasteiger partial charge on any atom is -0.491 e. The van der Waals surface area contributed by atoms with E-state index in [1.54, 1.807) is 18.2 Å². The van der Waals surface area contributed by atoms with Crippen LogP contribution in [0, 0.1) is 16.0 Å². The van der Waals surface area contributed by atoms with Gasteiger partial charge in [0.2, 0.25) is 5.91 Å². The molecule has 1 amide bonds. The Morgan fingerprint density at radius 2 is 2.00 bits per heavy atom. The van der Waals surface area contributed by atoms with E-state index in [4.69, 9.17) is 17.0 Å². The van der Waals surface area contributed by atoms with E-state index in [9.17, 15) is 14.9 Å². The Bertz CT molecular complexity index is 897. The largest absolute Gasteiger partial charge is 0.491 e. The molecule has 7 nitrogen and oxygen atoms in total. The molecule has 28 heavy (non-hydrogen) atoms. The van der Waals surface area contributed by atoms with Gasteiger partial charge in [-0.1, -0.05) is 38.1 Å². The van der Waals surface area contributed by atoms with Crippen molar-refractivity contribution in [3.63, 3.8) is 0 Å². The molecule has 0 atom stereocenters. The molecule has 2 aromatic carbocycles. The first kappa shape index (κ1) is 21.0. The number of nitrogens with zero attached hydrogens (tertiary/aromatic N) is 1. The van der Waals surface area contributed by atoms with Crippen LogP contribution in [0.1, 0.15) is 19.4 Å². The second-order valence-electron chi connectivity index (χ2n) is 6.33. The molecule has 8 heteroatoms. The van der Waals surface area contributed by atoms with Gasteiger partial charge < -0.3 is 10.1 Å². The maximum atomic E-state index is 12.0. The summed E-state index contributed by atoms with van der Waals surface area (Å²) >= 11 is 5.17. The summed E-state index contributed by atoms with van der Waals surface area (Å²) in [4.78, 5) is 22.3. The number of carbonyl (C=O) groups excluding carboxylic acids is 1. The minimum absolute atomic E-state index is 0.0437. The van der Waals surface area contributed by atoms with Crippen LogP contribution in [0.5, 0.6) is 5.75 Å². The number of rotatable bonds is 7. The molecule has 0 fully saturated rings. The molecule has 0 aliphatic carbocycles. The molecule has 0 radical (unpaired) electrons. The normalized spacial score (nSPS) is 10.7. The van der Waals surface area contributed by atoms with Crippen molar-refractivity contribution in [2.24, 2.45) is 5.92 Å². The summed E-state index contributed by atoms with van der Waals surface area (Å²) in [5.41, 5.74) is 1.14. The van der Waals surface area contributed by atoms with Crippen LogP contribution in [-0.2, 0) is 4.79 Å². The lowest BCUT2D eigenvalue weighted by Crippen LogP contribution is -2.33. The Kier molecular flexibility index (Phi) is 7.65. The van der Waals surface area contributed by atoms with E-state index in [0.29, 0.717) is 29.5 Å². The molecule has 0 bridgehead atoms. The number of ether oxygens (including phenoxy) is 1. The highest BCUT2D eigenvalue weighted by molar-refractivity contribution is 7.80. The monoisotopic (exact) mass is 399 g/mol. The fourth-order valence-electron chi connectivity index (χ4n) is 2.17. The molecule has 0 unspecified atom stereocenters. The van der Waals surface area contributed by atoms with Gasteiger partial charge in [-0.25, -0.2) is 0 Å². The smallest absolute Gasteiger partial charge is 0.270 e. The number of hydrogen-bond acceptors (Lipinski definition) is 5. The van der Waals surface area contributed by atoms with E-state index < -0.39 is 10.8 Å². The summed E-state index contributed by atoms with van der Waals surface area (Å²) in [6.07, 6.45) is 2.73. The highest BCUT2D eigenvalue weighted by atomic mass is 32.1. The van der Waals surface area contributed by atoms with E-state index in [-0.39, 0.29) is 10.8 Å². The van der Waals surface area contributed by atoms with Crippen molar-refractivity contribution >= 4 is 40.7 Å². The number of nitrogens with one attached hydrogen (secondary N) is 2.